The molecule has 20 heavy (non-hydrogen) atoms. The van der Waals surface area contributed by atoms with Crippen LogP contribution in [-0.4, -0.2) is 29.8 Å². The normalized spacial score (nSPS) is 13.6. The molecule has 1 rings (SSSR count). The number of hydrogen-bond donors (Lipinski definition) is 3. The summed E-state index contributed by atoms with van der Waals surface area (Å²) in [6.07, 6.45) is 1.57. The number of aliphatic hydroxyl groups is 1. The smallest absolute Gasteiger partial charge is 0.223 e. The lowest BCUT2D eigenvalue weighted by Gasteiger charge is -2.29. The SMILES string of the molecule is CCC(C)(CCO)NC(=O)CCOc1ccccc1N. The Bertz CT molecular complexity index is 437. The van der Waals surface area contributed by atoms with Crippen LogP contribution in [0.4, 0.5) is 5.69 Å². The third kappa shape index (κ3) is 5.09. The number of benzene rings is 1. The number of nitrogen functional groups attached to an aromatic ring is 1. The maximum Gasteiger partial charge on any atom is 0.223 e. The lowest BCUT2D eigenvalue weighted by molar-refractivity contribution is -0.123. The highest BCUT2D eigenvalue weighted by Gasteiger charge is 2.23. The van der Waals surface area contributed by atoms with Crippen LogP contribution in [0.5, 0.6) is 5.75 Å². The summed E-state index contributed by atoms with van der Waals surface area (Å²) in [5.74, 6) is 0.506. The maximum absolute atomic E-state index is 11.9. The van der Waals surface area contributed by atoms with E-state index in [2.05, 4.69) is 5.32 Å². The third-order valence-electron chi connectivity index (χ3n) is 3.39. The third-order valence-corrected chi connectivity index (χ3v) is 3.39. The fraction of sp³-hybridized carbons (Fsp3) is 0.533. The van der Waals surface area contributed by atoms with Gasteiger partial charge in [0.1, 0.15) is 5.75 Å². The molecule has 0 radical (unpaired) electrons. The van der Waals surface area contributed by atoms with Crippen molar-refractivity contribution in [3.05, 3.63) is 24.3 Å². The Morgan fingerprint density at radius 1 is 1.45 bits per heavy atom. The fourth-order valence-electron chi connectivity index (χ4n) is 1.84. The number of rotatable bonds is 8. The molecule has 0 bridgehead atoms. The number of para-hydroxylation sites is 2. The summed E-state index contributed by atoms with van der Waals surface area (Å²) in [6.45, 7) is 4.24. The zero-order valence-corrected chi connectivity index (χ0v) is 12.2. The molecule has 1 unspecified atom stereocenters. The Hall–Kier alpha value is -1.75. The van der Waals surface area contributed by atoms with E-state index in [1.807, 2.05) is 26.0 Å². The van der Waals surface area contributed by atoms with E-state index in [9.17, 15) is 4.79 Å². The second kappa shape index (κ2) is 7.75. The first-order valence-electron chi connectivity index (χ1n) is 6.90. The van der Waals surface area contributed by atoms with Gasteiger partial charge in [-0.3, -0.25) is 4.79 Å². The average Bonchev–Trinajstić information content (AvgIpc) is 2.41. The minimum atomic E-state index is -0.363. The molecule has 0 heterocycles. The van der Waals surface area contributed by atoms with Crippen molar-refractivity contribution in [2.75, 3.05) is 18.9 Å². The second-order valence-corrected chi connectivity index (χ2v) is 5.07. The molecule has 0 aliphatic heterocycles. The largest absolute Gasteiger partial charge is 0.491 e. The molecule has 0 aliphatic carbocycles. The zero-order chi connectivity index (χ0) is 15.0. The summed E-state index contributed by atoms with van der Waals surface area (Å²) in [5.41, 5.74) is 5.95. The summed E-state index contributed by atoms with van der Waals surface area (Å²) in [4.78, 5) is 11.9. The standard InChI is InChI=1S/C15H24N2O3/c1-3-15(2,9-10-18)17-14(19)8-11-20-13-7-5-4-6-12(13)16/h4-7,18H,3,8-11,16H2,1-2H3,(H,17,19). The molecule has 0 saturated carbocycles. The molecule has 0 aliphatic rings. The molecule has 0 spiro atoms. The molecule has 1 amide bonds. The first-order chi connectivity index (χ1) is 9.50. The van der Waals surface area contributed by atoms with Gasteiger partial charge in [0, 0.05) is 12.1 Å². The number of nitrogens with one attached hydrogen (secondary N) is 1. The van der Waals surface area contributed by atoms with Gasteiger partial charge in [0.05, 0.1) is 18.7 Å². The van der Waals surface area contributed by atoms with Crippen molar-refractivity contribution in [2.45, 2.75) is 38.6 Å². The highest BCUT2D eigenvalue weighted by atomic mass is 16.5. The molecule has 1 aromatic carbocycles. The molecule has 5 nitrogen and oxygen atoms in total. The van der Waals surface area contributed by atoms with Crippen molar-refractivity contribution in [1.82, 2.24) is 5.32 Å². The Morgan fingerprint density at radius 2 is 2.15 bits per heavy atom. The predicted molar refractivity (Wildman–Crippen MR) is 79.5 cm³/mol. The molecule has 0 aromatic heterocycles. The van der Waals surface area contributed by atoms with E-state index in [1.54, 1.807) is 12.1 Å². The molecule has 112 valence electrons. The van der Waals surface area contributed by atoms with Crippen molar-refractivity contribution in [3.63, 3.8) is 0 Å². The van der Waals surface area contributed by atoms with Crippen molar-refractivity contribution in [2.24, 2.45) is 0 Å². The predicted octanol–water partition coefficient (Wildman–Crippen LogP) is 1.70. The van der Waals surface area contributed by atoms with Gasteiger partial charge in [-0.1, -0.05) is 19.1 Å². The van der Waals surface area contributed by atoms with Crippen LogP contribution in [0.15, 0.2) is 24.3 Å². The first kappa shape index (κ1) is 16.3. The summed E-state index contributed by atoms with van der Waals surface area (Å²) in [6, 6.07) is 7.19. The van der Waals surface area contributed by atoms with Crippen LogP contribution in [0, 0.1) is 0 Å². The summed E-state index contributed by atoms with van der Waals surface area (Å²) < 4.78 is 5.48. The number of aliphatic hydroxyl groups excluding tert-OH is 1. The van der Waals surface area contributed by atoms with Gasteiger partial charge < -0.3 is 20.9 Å². The van der Waals surface area contributed by atoms with Crippen molar-refractivity contribution >= 4 is 11.6 Å². The molecule has 0 fully saturated rings. The van der Waals surface area contributed by atoms with Gasteiger partial charge in [0.2, 0.25) is 5.91 Å². The first-order valence-corrected chi connectivity index (χ1v) is 6.90. The second-order valence-electron chi connectivity index (χ2n) is 5.07. The van der Waals surface area contributed by atoms with Crippen LogP contribution < -0.4 is 15.8 Å². The van der Waals surface area contributed by atoms with Gasteiger partial charge in [-0.2, -0.15) is 0 Å². The topological polar surface area (TPSA) is 84.6 Å². The maximum atomic E-state index is 11.9. The van der Waals surface area contributed by atoms with Crippen molar-refractivity contribution in [1.29, 1.82) is 0 Å². The van der Waals surface area contributed by atoms with E-state index < -0.39 is 0 Å². The van der Waals surface area contributed by atoms with Crippen LogP contribution in [0.2, 0.25) is 0 Å². The minimum absolute atomic E-state index is 0.0572. The zero-order valence-electron chi connectivity index (χ0n) is 12.2. The van der Waals surface area contributed by atoms with E-state index in [4.69, 9.17) is 15.6 Å². The van der Waals surface area contributed by atoms with Crippen LogP contribution in [0.1, 0.15) is 33.1 Å². The molecule has 5 heteroatoms. The Labute approximate surface area is 120 Å². The number of carbonyl (C=O) groups excluding carboxylic acids is 1. The lowest BCUT2D eigenvalue weighted by Crippen LogP contribution is -2.46. The minimum Gasteiger partial charge on any atom is -0.491 e. The fourth-order valence-corrected chi connectivity index (χ4v) is 1.84. The highest BCUT2D eigenvalue weighted by Crippen LogP contribution is 2.20. The molecular formula is C15H24N2O3. The monoisotopic (exact) mass is 280 g/mol. The molecule has 1 atom stereocenters. The quantitative estimate of drug-likeness (QED) is 0.633. The molecular weight excluding hydrogens is 256 g/mol. The Balaban J connectivity index is 2.38. The number of amides is 1. The summed E-state index contributed by atoms with van der Waals surface area (Å²) in [5, 5.41) is 11.9. The number of carbonyl (C=O) groups is 1. The van der Waals surface area contributed by atoms with Gasteiger partial charge >= 0.3 is 0 Å². The van der Waals surface area contributed by atoms with Crippen LogP contribution in [0.25, 0.3) is 0 Å². The summed E-state index contributed by atoms with van der Waals surface area (Å²) >= 11 is 0. The van der Waals surface area contributed by atoms with E-state index in [1.165, 1.54) is 0 Å². The van der Waals surface area contributed by atoms with E-state index in [0.29, 0.717) is 17.9 Å². The van der Waals surface area contributed by atoms with Gasteiger partial charge in [-0.05, 0) is 31.9 Å². The molecule has 1 aromatic rings. The van der Waals surface area contributed by atoms with Crippen molar-refractivity contribution in [3.8, 4) is 5.75 Å². The van der Waals surface area contributed by atoms with E-state index >= 15 is 0 Å². The molecule has 0 saturated heterocycles. The number of anilines is 1. The Morgan fingerprint density at radius 3 is 2.75 bits per heavy atom. The lowest BCUT2D eigenvalue weighted by atomic mass is 9.95. The van der Waals surface area contributed by atoms with Gasteiger partial charge in [0.25, 0.3) is 0 Å². The van der Waals surface area contributed by atoms with Crippen LogP contribution in [0.3, 0.4) is 0 Å². The van der Waals surface area contributed by atoms with Crippen molar-refractivity contribution < 1.29 is 14.6 Å². The highest BCUT2D eigenvalue weighted by molar-refractivity contribution is 5.76. The van der Waals surface area contributed by atoms with E-state index in [-0.39, 0.29) is 31.1 Å². The van der Waals surface area contributed by atoms with Crippen LogP contribution >= 0.6 is 0 Å². The number of hydrogen-bond acceptors (Lipinski definition) is 4. The van der Waals surface area contributed by atoms with Gasteiger partial charge in [-0.15, -0.1) is 0 Å². The number of ether oxygens (including phenoxy) is 1. The van der Waals surface area contributed by atoms with Gasteiger partial charge in [-0.25, -0.2) is 0 Å². The molecule has 4 N–H and O–H groups in total. The Kier molecular flexibility index (Phi) is 6.31. The van der Waals surface area contributed by atoms with Crippen LogP contribution in [-0.2, 0) is 4.79 Å². The summed E-state index contributed by atoms with van der Waals surface area (Å²) in [7, 11) is 0. The van der Waals surface area contributed by atoms with Gasteiger partial charge in [0.15, 0.2) is 0 Å². The average molecular weight is 280 g/mol. The number of nitrogens with two attached hydrogens (primary N) is 1. The van der Waals surface area contributed by atoms with E-state index in [0.717, 1.165) is 6.42 Å².